The Kier molecular flexibility index (Phi) is 4.11. The standard InChI is InChI=1S/C18H16F3NO/c19-18(20,21)16-9-5-4-8-13(16)11-22-17(23)15-10-14(15)12-6-2-1-3-7-12/h1-9,14-15H,10-11H2,(H,22,23). The average Bonchev–Trinajstić information content (AvgIpc) is 3.33. The van der Waals surface area contributed by atoms with Gasteiger partial charge in [0.05, 0.1) is 5.56 Å². The fourth-order valence-electron chi connectivity index (χ4n) is 2.82. The largest absolute Gasteiger partial charge is 0.416 e. The minimum Gasteiger partial charge on any atom is -0.352 e. The number of benzene rings is 2. The molecule has 1 aliphatic rings. The molecule has 2 unspecified atom stereocenters. The lowest BCUT2D eigenvalue weighted by Crippen LogP contribution is -2.26. The molecule has 1 amide bonds. The molecule has 1 N–H and O–H groups in total. The van der Waals surface area contributed by atoms with E-state index in [1.165, 1.54) is 12.1 Å². The highest BCUT2D eigenvalue weighted by molar-refractivity contribution is 5.82. The van der Waals surface area contributed by atoms with Crippen LogP contribution in [0.3, 0.4) is 0 Å². The lowest BCUT2D eigenvalue weighted by Gasteiger charge is -2.13. The van der Waals surface area contributed by atoms with E-state index in [9.17, 15) is 18.0 Å². The fraction of sp³-hybridized carbons (Fsp3) is 0.278. The Morgan fingerprint density at radius 1 is 1.04 bits per heavy atom. The van der Waals surface area contributed by atoms with Crippen LogP contribution < -0.4 is 5.32 Å². The molecule has 1 saturated carbocycles. The average molecular weight is 319 g/mol. The summed E-state index contributed by atoms with van der Waals surface area (Å²) in [6.07, 6.45) is -3.66. The van der Waals surface area contributed by atoms with Crippen LogP contribution in [-0.4, -0.2) is 5.91 Å². The molecular weight excluding hydrogens is 303 g/mol. The van der Waals surface area contributed by atoms with Crippen LogP contribution in [0.5, 0.6) is 0 Å². The quantitative estimate of drug-likeness (QED) is 0.902. The Bertz CT molecular complexity index is 697. The summed E-state index contributed by atoms with van der Waals surface area (Å²) in [7, 11) is 0. The fourth-order valence-corrected chi connectivity index (χ4v) is 2.82. The van der Waals surface area contributed by atoms with Crippen molar-refractivity contribution in [2.24, 2.45) is 5.92 Å². The SMILES string of the molecule is O=C(NCc1ccccc1C(F)(F)F)C1CC1c1ccccc1. The highest BCUT2D eigenvalue weighted by Crippen LogP contribution is 2.47. The van der Waals surface area contributed by atoms with Gasteiger partial charge in [-0.25, -0.2) is 0 Å². The second kappa shape index (κ2) is 6.07. The van der Waals surface area contributed by atoms with Crippen LogP contribution in [0.1, 0.15) is 29.0 Å². The van der Waals surface area contributed by atoms with E-state index < -0.39 is 11.7 Å². The number of carbonyl (C=O) groups is 1. The summed E-state index contributed by atoms with van der Waals surface area (Å²) < 4.78 is 38.7. The maximum Gasteiger partial charge on any atom is 0.416 e. The molecule has 1 fully saturated rings. The van der Waals surface area contributed by atoms with Gasteiger partial charge in [-0.05, 0) is 29.5 Å². The molecule has 0 heterocycles. The number of hydrogen-bond acceptors (Lipinski definition) is 1. The lowest BCUT2D eigenvalue weighted by molar-refractivity contribution is -0.138. The third-order valence-electron chi connectivity index (χ3n) is 4.13. The zero-order chi connectivity index (χ0) is 16.4. The highest BCUT2D eigenvalue weighted by atomic mass is 19.4. The maximum absolute atomic E-state index is 12.9. The van der Waals surface area contributed by atoms with Crippen LogP contribution in [0.15, 0.2) is 54.6 Å². The van der Waals surface area contributed by atoms with E-state index in [1.807, 2.05) is 30.3 Å². The molecule has 0 radical (unpaired) electrons. The lowest BCUT2D eigenvalue weighted by atomic mass is 10.1. The van der Waals surface area contributed by atoms with Gasteiger partial charge in [0.2, 0.25) is 5.91 Å². The summed E-state index contributed by atoms with van der Waals surface area (Å²) in [5.74, 6) is -0.152. The van der Waals surface area contributed by atoms with Crippen molar-refractivity contribution in [2.45, 2.75) is 25.1 Å². The van der Waals surface area contributed by atoms with Gasteiger partial charge in [-0.1, -0.05) is 48.5 Å². The number of alkyl halides is 3. The Morgan fingerprint density at radius 2 is 1.70 bits per heavy atom. The van der Waals surface area contributed by atoms with Crippen LogP contribution in [0.4, 0.5) is 13.2 Å². The first-order valence-electron chi connectivity index (χ1n) is 7.44. The van der Waals surface area contributed by atoms with Gasteiger partial charge in [0.25, 0.3) is 0 Å². The molecule has 23 heavy (non-hydrogen) atoms. The summed E-state index contributed by atoms with van der Waals surface area (Å²) in [4.78, 5) is 12.1. The van der Waals surface area contributed by atoms with Gasteiger partial charge < -0.3 is 5.32 Å². The van der Waals surface area contributed by atoms with Gasteiger partial charge in [-0.15, -0.1) is 0 Å². The molecular formula is C18H16F3NO. The predicted molar refractivity (Wildman–Crippen MR) is 80.6 cm³/mol. The first-order chi connectivity index (χ1) is 11.0. The first kappa shape index (κ1) is 15.6. The Balaban J connectivity index is 1.61. The van der Waals surface area contributed by atoms with E-state index in [-0.39, 0.29) is 29.9 Å². The van der Waals surface area contributed by atoms with E-state index in [1.54, 1.807) is 6.07 Å². The van der Waals surface area contributed by atoms with Crippen LogP contribution in [0.25, 0.3) is 0 Å². The van der Waals surface area contributed by atoms with E-state index in [0.717, 1.165) is 18.1 Å². The molecule has 2 aromatic rings. The molecule has 1 aliphatic carbocycles. The highest BCUT2D eigenvalue weighted by Gasteiger charge is 2.43. The smallest absolute Gasteiger partial charge is 0.352 e. The van der Waals surface area contributed by atoms with Gasteiger partial charge in [0.15, 0.2) is 0 Å². The van der Waals surface area contributed by atoms with E-state index >= 15 is 0 Å². The van der Waals surface area contributed by atoms with Crippen molar-refractivity contribution in [3.8, 4) is 0 Å². The summed E-state index contributed by atoms with van der Waals surface area (Å²) in [6.45, 7) is -0.105. The van der Waals surface area contributed by atoms with Crippen molar-refractivity contribution in [3.63, 3.8) is 0 Å². The van der Waals surface area contributed by atoms with E-state index in [2.05, 4.69) is 5.32 Å². The van der Waals surface area contributed by atoms with Gasteiger partial charge in [0.1, 0.15) is 0 Å². The molecule has 5 heteroatoms. The monoisotopic (exact) mass is 319 g/mol. The summed E-state index contributed by atoms with van der Waals surface area (Å²) in [5, 5.41) is 2.63. The first-order valence-corrected chi connectivity index (χ1v) is 7.44. The van der Waals surface area contributed by atoms with Gasteiger partial charge >= 0.3 is 6.18 Å². The number of halogens is 3. The minimum atomic E-state index is -4.41. The van der Waals surface area contributed by atoms with Gasteiger partial charge in [-0.2, -0.15) is 13.2 Å². The van der Waals surface area contributed by atoms with Crippen molar-refractivity contribution in [3.05, 3.63) is 71.3 Å². The second-order valence-electron chi connectivity index (χ2n) is 5.73. The Hall–Kier alpha value is -2.30. The van der Waals surface area contributed by atoms with Crippen molar-refractivity contribution in [1.29, 1.82) is 0 Å². The van der Waals surface area contributed by atoms with Gasteiger partial charge in [0, 0.05) is 12.5 Å². The summed E-state index contributed by atoms with van der Waals surface area (Å²) in [5.41, 5.74) is 0.490. The Morgan fingerprint density at radius 3 is 2.39 bits per heavy atom. The third kappa shape index (κ3) is 3.55. The van der Waals surface area contributed by atoms with Crippen molar-refractivity contribution in [1.82, 2.24) is 5.32 Å². The van der Waals surface area contributed by atoms with E-state index in [0.29, 0.717) is 0 Å². The molecule has 0 saturated heterocycles. The molecule has 120 valence electrons. The zero-order valence-electron chi connectivity index (χ0n) is 12.3. The molecule has 0 spiro atoms. The van der Waals surface area contributed by atoms with Crippen molar-refractivity contribution < 1.29 is 18.0 Å². The topological polar surface area (TPSA) is 29.1 Å². The third-order valence-corrected chi connectivity index (χ3v) is 4.13. The summed E-state index contributed by atoms with van der Waals surface area (Å²) >= 11 is 0. The molecule has 2 aromatic carbocycles. The number of nitrogens with one attached hydrogen (secondary N) is 1. The zero-order valence-corrected chi connectivity index (χ0v) is 12.3. The van der Waals surface area contributed by atoms with Gasteiger partial charge in [-0.3, -0.25) is 4.79 Å². The molecule has 0 aromatic heterocycles. The molecule has 0 bridgehead atoms. The second-order valence-corrected chi connectivity index (χ2v) is 5.73. The summed E-state index contributed by atoms with van der Waals surface area (Å²) in [6, 6.07) is 15.0. The minimum absolute atomic E-state index is 0.0882. The number of carbonyl (C=O) groups excluding carboxylic acids is 1. The Labute approximate surface area is 132 Å². The maximum atomic E-state index is 12.9. The number of rotatable bonds is 4. The predicted octanol–water partition coefficient (Wildman–Crippen LogP) is 4.13. The van der Waals surface area contributed by atoms with Crippen molar-refractivity contribution >= 4 is 5.91 Å². The van der Waals surface area contributed by atoms with Crippen LogP contribution in [0, 0.1) is 5.92 Å². The van der Waals surface area contributed by atoms with Crippen LogP contribution in [-0.2, 0) is 17.5 Å². The van der Waals surface area contributed by atoms with E-state index in [4.69, 9.17) is 0 Å². The molecule has 3 rings (SSSR count). The normalized spacial score (nSPS) is 20.1. The van der Waals surface area contributed by atoms with Crippen LogP contribution >= 0.6 is 0 Å². The van der Waals surface area contributed by atoms with Crippen LogP contribution in [0.2, 0.25) is 0 Å². The molecule has 2 atom stereocenters. The number of amides is 1. The molecule has 0 aliphatic heterocycles. The number of hydrogen-bond donors (Lipinski definition) is 1. The molecule has 2 nitrogen and oxygen atoms in total. The van der Waals surface area contributed by atoms with Crippen molar-refractivity contribution in [2.75, 3.05) is 0 Å².